The van der Waals surface area contributed by atoms with Crippen molar-refractivity contribution in [3.63, 3.8) is 0 Å². The van der Waals surface area contributed by atoms with E-state index < -0.39 is 0 Å². The third-order valence-corrected chi connectivity index (χ3v) is 6.03. The highest BCUT2D eigenvalue weighted by Crippen LogP contribution is 2.42. The summed E-state index contributed by atoms with van der Waals surface area (Å²) in [5, 5.41) is 3.53. The van der Waals surface area contributed by atoms with Crippen molar-refractivity contribution in [3.8, 4) is 22.6 Å². The highest BCUT2D eigenvalue weighted by atomic mass is 16.3. The Hall–Kier alpha value is -3.65. The van der Waals surface area contributed by atoms with Gasteiger partial charge in [0.05, 0.1) is 5.56 Å². The molecule has 0 atom stereocenters. The lowest BCUT2D eigenvalue weighted by molar-refractivity contribution is -0.660. The molecule has 0 aliphatic carbocycles. The number of nitrogens with zero attached hydrogens (tertiary/aromatic N) is 1. The number of hydrogen-bond acceptors (Lipinski definition) is 1. The highest BCUT2D eigenvalue weighted by molar-refractivity contribution is 6.04. The van der Waals surface area contributed by atoms with Gasteiger partial charge < -0.3 is 4.42 Å². The summed E-state index contributed by atoms with van der Waals surface area (Å²) in [6.45, 7) is 8.35. The molecule has 0 N–H and O–H groups in total. The molecule has 146 valence electrons. The molecule has 0 aliphatic heterocycles. The fraction of sp³-hybridized carbons (Fsp3) is 0.107. The van der Waals surface area contributed by atoms with E-state index in [2.05, 4.69) is 98.9 Å². The number of benzene rings is 3. The van der Waals surface area contributed by atoms with Gasteiger partial charge in [0.1, 0.15) is 18.4 Å². The Morgan fingerprint density at radius 2 is 1.63 bits per heavy atom. The first-order valence-electron chi connectivity index (χ1n) is 10.2. The minimum Gasteiger partial charge on any atom is -0.455 e. The number of furan rings is 1. The maximum atomic E-state index is 6.70. The average Bonchev–Trinajstić information content (AvgIpc) is 3.09. The van der Waals surface area contributed by atoms with Crippen molar-refractivity contribution in [1.82, 2.24) is 0 Å². The van der Waals surface area contributed by atoms with Crippen LogP contribution in [0.2, 0.25) is 0 Å². The summed E-state index contributed by atoms with van der Waals surface area (Å²) in [6, 6.07) is 23.4. The van der Waals surface area contributed by atoms with E-state index in [4.69, 9.17) is 4.42 Å². The van der Waals surface area contributed by atoms with Crippen molar-refractivity contribution in [2.75, 3.05) is 0 Å². The van der Waals surface area contributed by atoms with Crippen LogP contribution in [0.3, 0.4) is 0 Å². The van der Waals surface area contributed by atoms with Crippen molar-refractivity contribution in [1.29, 1.82) is 0 Å². The number of aryl methyl sites for hydroxylation is 3. The predicted molar refractivity (Wildman–Crippen MR) is 125 cm³/mol. The SMILES string of the molecule is C=Cc1ccc2ccccc2c1-c1oc2c(-c3cccc[n+]3C)c(C)ccc2c1C. The van der Waals surface area contributed by atoms with Crippen LogP contribution in [0.25, 0.3) is 50.4 Å². The van der Waals surface area contributed by atoms with Crippen molar-refractivity contribution in [3.05, 3.63) is 96.2 Å². The van der Waals surface area contributed by atoms with Gasteiger partial charge in [0.2, 0.25) is 5.69 Å². The van der Waals surface area contributed by atoms with Crippen LogP contribution < -0.4 is 4.57 Å². The van der Waals surface area contributed by atoms with Crippen LogP contribution in [0.5, 0.6) is 0 Å². The molecule has 0 amide bonds. The van der Waals surface area contributed by atoms with Gasteiger partial charge in [0.15, 0.2) is 6.20 Å². The van der Waals surface area contributed by atoms with E-state index in [1.54, 1.807) is 0 Å². The molecule has 0 unspecified atom stereocenters. The third kappa shape index (κ3) is 2.68. The molecule has 3 aromatic carbocycles. The van der Waals surface area contributed by atoms with Gasteiger partial charge in [-0.2, -0.15) is 0 Å². The smallest absolute Gasteiger partial charge is 0.216 e. The van der Waals surface area contributed by atoms with Crippen LogP contribution in [0, 0.1) is 13.8 Å². The van der Waals surface area contributed by atoms with Crippen molar-refractivity contribution in [2.24, 2.45) is 7.05 Å². The summed E-state index contributed by atoms with van der Waals surface area (Å²) in [7, 11) is 2.07. The van der Waals surface area contributed by atoms with E-state index in [9.17, 15) is 0 Å². The monoisotopic (exact) mass is 390 g/mol. The van der Waals surface area contributed by atoms with Crippen LogP contribution in [-0.2, 0) is 7.05 Å². The highest BCUT2D eigenvalue weighted by Gasteiger charge is 2.23. The van der Waals surface area contributed by atoms with E-state index in [1.807, 2.05) is 12.1 Å². The number of pyridine rings is 1. The zero-order valence-corrected chi connectivity index (χ0v) is 17.6. The maximum Gasteiger partial charge on any atom is 0.216 e. The summed E-state index contributed by atoms with van der Waals surface area (Å²) >= 11 is 0. The maximum absolute atomic E-state index is 6.70. The van der Waals surface area contributed by atoms with E-state index in [0.29, 0.717) is 0 Å². The molecular formula is C28H24NO+. The Labute approximate surface area is 176 Å². The van der Waals surface area contributed by atoms with Gasteiger partial charge in [-0.15, -0.1) is 0 Å². The Kier molecular flexibility index (Phi) is 4.29. The minimum absolute atomic E-state index is 0.919. The topological polar surface area (TPSA) is 17.0 Å². The lowest BCUT2D eigenvalue weighted by Crippen LogP contribution is -2.30. The van der Waals surface area contributed by atoms with Gasteiger partial charge in [0, 0.05) is 28.6 Å². The number of fused-ring (bicyclic) bond motifs is 2. The quantitative estimate of drug-likeness (QED) is 0.303. The van der Waals surface area contributed by atoms with E-state index in [0.717, 1.165) is 44.7 Å². The zero-order chi connectivity index (χ0) is 20.8. The van der Waals surface area contributed by atoms with Gasteiger partial charge in [-0.3, -0.25) is 0 Å². The third-order valence-electron chi connectivity index (χ3n) is 6.03. The molecule has 0 radical (unpaired) electrons. The standard InChI is InChI=1S/C28H24NO/c1-5-20-14-15-21-10-6-7-11-23(21)26(20)27-19(3)22-16-13-18(2)25(28(22)30-27)24-12-8-9-17-29(24)4/h5-17H,1H2,2-4H3/q+1. The lowest BCUT2D eigenvalue weighted by atomic mass is 9.94. The van der Waals surface area contributed by atoms with Crippen molar-refractivity contribution in [2.45, 2.75) is 13.8 Å². The normalized spacial score (nSPS) is 11.3. The summed E-state index contributed by atoms with van der Waals surface area (Å²) in [5.41, 5.74) is 7.77. The number of aromatic nitrogens is 1. The van der Waals surface area contributed by atoms with Gasteiger partial charge in [-0.25, -0.2) is 4.57 Å². The zero-order valence-electron chi connectivity index (χ0n) is 17.6. The van der Waals surface area contributed by atoms with Gasteiger partial charge in [-0.05, 0) is 41.8 Å². The van der Waals surface area contributed by atoms with Gasteiger partial charge >= 0.3 is 0 Å². The molecule has 2 heterocycles. The van der Waals surface area contributed by atoms with Gasteiger partial charge in [-0.1, -0.05) is 61.2 Å². The fourth-order valence-corrected chi connectivity index (χ4v) is 4.44. The molecule has 2 heteroatoms. The van der Waals surface area contributed by atoms with E-state index in [1.165, 1.54) is 16.3 Å². The Morgan fingerprint density at radius 1 is 0.833 bits per heavy atom. The fourth-order valence-electron chi connectivity index (χ4n) is 4.44. The number of hydrogen-bond donors (Lipinski definition) is 0. The van der Waals surface area contributed by atoms with Crippen molar-refractivity contribution >= 4 is 27.8 Å². The second-order valence-corrected chi connectivity index (χ2v) is 7.84. The molecule has 5 aromatic rings. The Balaban J connectivity index is 1.90. The molecule has 0 aliphatic rings. The molecule has 0 spiro atoms. The van der Waals surface area contributed by atoms with E-state index in [-0.39, 0.29) is 0 Å². The van der Waals surface area contributed by atoms with Gasteiger partial charge in [0.25, 0.3) is 0 Å². The van der Waals surface area contributed by atoms with Crippen molar-refractivity contribution < 1.29 is 8.98 Å². The molecular weight excluding hydrogens is 366 g/mol. The molecule has 0 fully saturated rings. The second kappa shape index (κ2) is 7.00. The molecule has 0 saturated heterocycles. The van der Waals surface area contributed by atoms with Crippen LogP contribution in [0.1, 0.15) is 16.7 Å². The summed E-state index contributed by atoms with van der Waals surface area (Å²) in [6.07, 6.45) is 3.99. The van der Waals surface area contributed by atoms with E-state index >= 15 is 0 Å². The minimum atomic E-state index is 0.919. The predicted octanol–water partition coefficient (Wildman–Crippen LogP) is 7.00. The summed E-state index contributed by atoms with van der Waals surface area (Å²) < 4.78 is 8.84. The molecule has 2 nitrogen and oxygen atoms in total. The molecule has 0 bridgehead atoms. The molecule has 30 heavy (non-hydrogen) atoms. The molecule has 5 rings (SSSR count). The van der Waals surface area contributed by atoms with Crippen LogP contribution in [-0.4, -0.2) is 0 Å². The first kappa shape index (κ1) is 18.4. The first-order chi connectivity index (χ1) is 14.6. The summed E-state index contributed by atoms with van der Waals surface area (Å²) in [5.74, 6) is 0.919. The second-order valence-electron chi connectivity index (χ2n) is 7.84. The van der Waals surface area contributed by atoms with Crippen LogP contribution >= 0.6 is 0 Å². The van der Waals surface area contributed by atoms with Crippen LogP contribution in [0.15, 0.2) is 83.9 Å². The average molecular weight is 391 g/mol. The van der Waals surface area contributed by atoms with Crippen LogP contribution in [0.4, 0.5) is 0 Å². The number of rotatable bonds is 3. The molecule has 2 aromatic heterocycles. The largest absolute Gasteiger partial charge is 0.455 e. The molecule has 0 saturated carbocycles. The first-order valence-corrected chi connectivity index (χ1v) is 10.2. The Morgan fingerprint density at radius 3 is 2.43 bits per heavy atom. The lowest BCUT2D eigenvalue weighted by Gasteiger charge is -2.09. The summed E-state index contributed by atoms with van der Waals surface area (Å²) in [4.78, 5) is 0. The Bertz CT molecular complexity index is 1440.